The predicted octanol–water partition coefficient (Wildman–Crippen LogP) is 1.89. The van der Waals surface area contributed by atoms with Crippen molar-refractivity contribution < 1.29 is 13.0 Å². The topological polar surface area (TPSA) is 57.6 Å². The van der Waals surface area contributed by atoms with Gasteiger partial charge in [-0.2, -0.15) is 8.42 Å². The average Bonchev–Trinajstić information content (AvgIpc) is 2.24. The SMILES string of the molecule is O=S(=O)(O)/C=C\CSC(=S)N1CCCCC1. The van der Waals surface area contributed by atoms with E-state index in [4.69, 9.17) is 16.8 Å². The Morgan fingerprint density at radius 1 is 1.38 bits per heavy atom. The number of nitrogens with zero attached hydrogens (tertiary/aromatic N) is 1. The molecule has 92 valence electrons. The molecular weight excluding hydrogens is 266 g/mol. The van der Waals surface area contributed by atoms with Crippen molar-refractivity contribution >= 4 is 38.4 Å². The first-order valence-electron chi connectivity index (χ1n) is 5.05. The fraction of sp³-hybridized carbons (Fsp3) is 0.667. The van der Waals surface area contributed by atoms with Crippen molar-refractivity contribution in [1.29, 1.82) is 0 Å². The fourth-order valence-corrected chi connectivity index (χ4v) is 3.00. The molecule has 1 aliphatic heterocycles. The van der Waals surface area contributed by atoms with Crippen molar-refractivity contribution in [3.05, 3.63) is 11.5 Å². The zero-order chi connectivity index (χ0) is 12.0. The van der Waals surface area contributed by atoms with E-state index in [-0.39, 0.29) is 0 Å². The van der Waals surface area contributed by atoms with E-state index >= 15 is 0 Å². The molecule has 1 N–H and O–H groups in total. The maximum atomic E-state index is 10.4. The maximum absolute atomic E-state index is 10.4. The van der Waals surface area contributed by atoms with E-state index in [1.807, 2.05) is 0 Å². The highest BCUT2D eigenvalue weighted by Gasteiger charge is 2.12. The number of thiocarbonyl (C=S) groups is 1. The third-order valence-corrected chi connectivity index (χ3v) is 4.20. The molecule has 0 aliphatic carbocycles. The number of rotatable bonds is 3. The summed E-state index contributed by atoms with van der Waals surface area (Å²) in [5.74, 6) is 0.467. The van der Waals surface area contributed by atoms with Crippen LogP contribution in [0.25, 0.3) is 0 Å². The summed E-state index contributed by atoms with van der Waals surface area (Å²) in [4.78, 5) is 2.14. The maximum Gasteiger partial charge on any atom is 0.287 e. The van der Waals surface area contributed by atoms with Crippen LogP contribution in [0.5, 0.6) is 0 Å². The van der Waals surface area contributed by atoms with Crippen molar-refractivity contribution in [2.45, 2.75) is 19.3 Å². The van der Waals surface area contributed by atoms with Gasteiger partial charge in [0.2, 0.25) is 0 Å². The summed E-state index contributed by atoms with van der Waals surface area (Å²) in [5, 5.41) is 0.790. The normalized spacial score (nSPS) is 17.9. The van der Waals surface area contributed by atoms with E-state index in [1.165, 1.54) is 37.1 Å². The molecule has 0 saturated carbocycles. The van der Waals surface area contributed by atoms with Crippen molar-refractivity contribution in [2.24, 2.45) is 0 Å². The minimum absolute atomic E-state index is 0.467. The van der Waals surface area contributed by atoms with Gasteiger partial charge >= 0.3 is 0 Å². The largest absolute Gasteiger partial charge is 0.358 e. The Balaban J connectivity index is 2.27. The van der Waals surface area contributed by atoms with Crippen LogP contribution < -0.4 is 0 Å². The molecule has 0 spiro atoms. The van der Waals surface area contributed by atoms with Gasteiger partial charge in [0.15, 0.2) is 0 Å². The molecule has 1 rings (SSSR count). The third-order valence-electron chi connectivity index (χ3n) is 2.19. The summed E-state index contributed by atoms with van der Waals surface area (Å²) >= 11 is 6.64. The molecule has 7 heteroatoms. The van der Waals surface area contributed by atoms with Gasteiger partial charge in [-0.15, -0.1) is 0 Å². The molecule has 4 nitrogen and oxygen atoms in total. The van der Waals surface area contributed by atoms with Gasteiger partial charge in [0, 0.05) is 18.8 Å². The number of hydrogen-bond acceptors (Lipinski definition) is 4. The first kappa shape index (κ1) is 14.0. The van der Waals surface area contributed by atoms with Gasteiger partial charge < -0.3 is 4.90 Å². The molecule has 1 fully saturated rings. The lowest BCUT2D eigenvalue weighted by atomic mass is 10.1. The van der Waals surface area contributed by atoms with Gasteiger partial charge in [0.25, 0.3) is 10.1 Å². The van der Waals surface area contributed by atoms with Crippen LogP contribution in [-0.2, 0) is 10.1 Å². The summed E-state index contributed by atoms with van der Waals surface area (Å²) in [5.41, 5.74) is 0. The van der Waals surface area contributed by atoms with E-state index in [2.05, 4.69) is 4.90 Å². The molecule has 0 radical (unpaired) electrons. The lowest BCUT2D eigenvalue weighted by Gasteiger charge is -2.28. The predicted molar refractivity (Wildman–Crippen MR) is 71.2 cm³/mol. The Morgan fingerprint density at radius 3 is 2.56 bits per heavy atom. The van der Waals surface area contributed by atoms with Crippen LogP contribution >= 0.6 is 24.0 Å². The van der Waals surface area contributed by atoms with Crippen molar-refractivity contribution in [1.82, 2.24) is 4.90 Å². The molecule has 0 aromatic heterocycles. The van der Waals surface area contributed by atoms with Gasteiger partial charge in [-0.05, 0) is 19.3 Å². The van der Waals surface area contributed by atoms with Crippen LogP contribution in [-0.4, -0.2) is 41.0 Å². The molecule has 1 heterocycles. The average molecular weight is 281 g/mol. The summed E-state index contributed by atoms with van der Waals surface area (Å²) < 4.78 is 30.1. The standard InChI is InChI=1S/C9H15NO3S3/c11-16(12,13)8-4-7-15-9(14)10-5-2-1-3-6-10/h4,8H,1-3,5-7H2,(H,11,12,13)/b8-4-. The van der Waals surface area contributed by atoms with Crippen molar-refractivity contribution in [3.8, 4) is 0 Å². The monoisotopic (exact) mass is 281 g/mol. The zero-order valence-corrected chi connectivity index (χ0v) is 11.3. The molecule has 16 heavy (non-hydrogen) atoms. The second-order valence-corrected chi connectivity index (χ2v) is 6.47. The zero-order valence-electron chi connectivity index (χ0n) is 8.83. The Labute approximate surface area is 106 Å². The second kappa shape index (κ2) is 6.58. The summed E-state index contributed by atoms with van der Waals surface area (Å²) in [6, 6.07) is 0. The lowest BCUT2D eigenvalue weighted by molar-refractivity contribution is 0.352. The number of thioether (sulfide) groups is 1. The molecule has 0 bridgehead atoms. The van der Waals surface area contributed by atoms with E-state index in [9.17, 15) is 8.42 Å². The van der Waals surface area contributed by atoms with E-state index in [0.29, 0.717) is 5.75 Å². The van der Waals surface area contributed by atoms with Gasteiger partial charge in [0.05, 0.1) is 5.41 Å². The van der Waals surface area contributed by atoms with Gasteiger partial charge in [-0.3, -0.25) is 4.55 Å². The van der Waals surface area contributed by atoms with Crippen molar-refractivity contribution in [3.63, 3.8) is 0 Å². The molecule has 0 atom stereocenters. The quantitative estimate of drug-likeness (QED) is 0.630. The highest BCUT2D eigenvalue weighted by Crippen LogP contribution is 2.16. The number of hydrogen-bond donors (Lipinski definition) is 1. The summed E-state index contributed by atoms with van der Waals surface area (Å²) in [6.45, 7) is 1.99. The Bertz CT molecular complexity index is 358. The first-order chi connectivity index (χ1) is 7.49. The van der Waals surface area contributed by atoms with Gasteiger partial charge in [-0.1, -0.05) is 30.1 Å². The molecular formula is C9H15NO3S3. The van der Waals surface area contributed by atoms with Crippen molar-refractivity contribution in [2.75, 3.05) is 18.8 Å². The van der Waals surface area contributed by atoms with Gasteiger partial charge in [0.1, 0.15) is 4.32 Å². The highest BCUT2D eigenvalue weighted by atomic mass is 32.2. The number of piperidine rings is 1. The smallest absolute Gasteiger partial charge is 0.287 e. The third kappa shape index (κ3) is 5.83. The van der Waals surface area contributed by atoms with Crippen LogP contribution in [0.2, 0.25) is 0 Å². The summed E-state index contributed by atoms with van der Waals surface area (Å²) in [7, 11) is -4.00. The molecule has 0 unspecified atom stereocenters. The molecule has 0 amide bonds. The Kier molecular flexibility index (Phi) is 5.74. The minimum Gasteiger partial charge on any atom is -0.358 e. The van der Waals surface area contributed by atoms with E-state index < -0.39 is 10.1 Å². The lowest BCUT2D eigenvalue weighted by Crippen LogP contribution is -2.32. The molecule has 1 saturated heterocycles. The van der Waals surface area contributed by atoms with Gasteiger partial charge in [-0.25, -0.2) is 0 Å². The van der Waals surface area contributed by atoms with Crippen LogP contribution in [0.1, 0.15) is 19.3 Å². The fourth-order valence-electron chi connectivity index (χ4n) is 1.45. The highest BCUT2D eigenvalue weighted by molar-refractivity contribution is 8.23. The minimum atomic E-state index is -4.00. The Hall–Kier alpha value is -0.110. The second-order valence-electron chi connectivity index (χ2n) is 3.51. The molecule has 0 aromatic carbocycles. The van der Waals surface area contributed by atoms with Crippen LogP contribution in [0, 0.1) is 0 Å². The van der Waals surface area contributed by atoms with Crippen LogP contribution in [0.3, 0.4) is 0 Å². The first-order valence-corrected chi connectivity index (χ1v) is 7.94. The van der Waals surface area contributed by atoms with E-state index in [1.54, 1.807) is 0 Å². The van der Waals surface area contributed by atoms with Crippen LogP contribution in [0.15, 0.2) is 11.5 Å². The molecule has 1 aliphatic rings. The number of likely N-dealkylation sites (tertiary alicyclic amines) is 1. The molecule has 0 aromatic rings. The van der Waals surface area contributed by atoms with Crippen LogP contribution in [0.4, 0.5) is 0 Å². The Morgan fingerprint density at radius 2 is 2.00 bits per heavy atom. The summed E-state index contributed by atoms with van der Waals surface area (Å²) in [6.07, 6.45) is 4.99. The van der Waals surface area contributed by atoms with E-state index in [0.717, 1.165) is 22.8 Å².